The second-order valence-electron chi connectivity index (χ2n) is 4.05. The molecule has 1 aliphatic heterocycles. The van der Waals surface area contributed by atoms with Crippen LogP contribution in [-0.2, 0) is 14.3 Å². The topological polar surface area (TPSA) is 91.2 Å². The summed E-state index contributed by atoms with van der Waals surface area (Å²) in [6.45, 7) is 3.00. The zero-order valence-corrected chi connectivity index (χ0v) is 9.91. The number of nitriles is 1. The van der Waals surface area contributed by atoms with Crippen LogP contribution < -0.4 is 10.6 Å². The number of nitrogens with one attached hydrogen (secondary N) is 2. The Balaban J connectivity index is 2.39. The zero-order chi connectivity index (χ0) is 12.7. The van der Waals surface area contributed by atoms with E-state index in [4.69, 9.17) is 10.00 Å². The van der Waals surface area contributed by atoms with Crippen LogP contribution in [0, 0.1) is 16.7 Å². The predicted molar refractivity (Wildman–Crippen MR) is 59.8 cm³/mol. The zero-order valence-electron chi connectivity index (χ0n) is 9.91. The second kappa shape index (κ2) is 6.21. The van der Waals surface area contributed by atoms with Gasteiger partial charge < -0.3 is 15.4 Å². The first-order valence-electron chi connectivity index (χ1n) is 5.62. The Morgan fingerprint density at radius 2 is 1.88 bits per heavy atom. The van der Waals surface area contributed by atoms with Gasteiger partial charge in [-0.1, -0.05) is 0 Å². The van der Waals surface area contributed by atoms with Crippen molar-refractivity contribution in [3.05, 3.63) is 0 Å². The highest BCUT2D eigenvalue weighted by molar-refractivity contribution is 5.85. The molecule has 0 aromatic rings. The molecule has 94 valence electrons. The number of carbonyl (C=O) groups is 2. The van der Waals surface area contributed by atoms with Gasteiger partial charge in [0, 0.05) is 33.2 Å². The molecule has 0 spiro atoms. The summed E-state index contributed by atoms with van der Waals surface area (Å²) in [4.78, 5) is 22.5. The average molecular weight is 239 g/mol. The number of ether oxygens (including phenoxy) is 1. The highest BCUT2D eigenvalue weighted by Crippen LogP contribution is 2.29. The molecule has 0 saturated carbocycles. The van der Waals surface area contributed by atoms with Crippen LogP contribution in [0.15, 0.2) is 0 Å². The van der Waals surface area contributed by atoms with Crippen LogP contribution in [0.3, 0.4) is 0 Å². The quantitative estimate of drug-likeness (QED) is 0.650. The molecule has 6 heteroatoms. The molecule has 0 aromatic heterocycles. The predicted octanol–water partition coefficient (Wildman–Crippen LogP) is -0.441. The molecule has 1 rings (SSSR count). The summed E-state index contributed by atoms with van der Waals surface area (Å²) < 4.78 is 5.15. The minimum absolute atomic E-state index is 0.139. The van der Waals surface area contributed by atoms with Crippen LogP contribution in [0.2, 0.25) is 0 Å². The molecule has 17 heavy (non-hydrogen) atoms. The van der Waals surface area contributed by atoms with Crippen LogP contribution in [0.5, 0.6) is 0 Å². The minimum Gasteiger partial charge on any atom is -0.381 e. The molecule has 0 atom stereocenters. The van der Waals surface area contributed by atoms with Gasteiger partial charge in [0.1, 0.15) is 5.41 Å². The van der Waals surface area contributed by atoms with Gasteiger partial charge in [-0.25, -0.2) is 0 Å². The fourth-order valence-electron chi connectivity index (χ4n) is 1.69. The summed E-state index contributed by atoms with van der Waals surface area (Å²) in [6.07, 6.45) is 0.852. The molecule has 2 amide bonds. The Bertz CT molecular complexity index is 329. The SMILES string of the molecule is CC(=O)NCCNC(=O)C1(C#N)CCOCC1. The fraction of sp³-hybridized carbons (Fsp3) is 0.727. The Morgan fingerprint density at radius 1 is 1.29 bits per heavy atom. The second-order valence-corrected chi connectivity index (χ2v) is 4.05. The first kappa shape index (κ1) is 13.5. The van der Waals surface area contributed by atoms with Crippen molar-refractivity contribution in [1.29, 1.82) is 5.26 Å². The van der Waals surface area contributed by atoms with Crippen molar-refractivity contribution < 1.29 is 14.3 Å². The number of carbonyl (C=O) groups excluding carboxylic acids is 2. The molecule has 1 heterocycles. The lowest BCUT2D eigenvalue weighted by atomic mass is 9.81. The van der Waals surface area contributed by atoms with Gasteiger partial charge in [-0.2, -0.15) is 5.26 Å². The lowest BCUT2D eigenvalue weighted by Gasteiger charge is -2.29. The van der Waals surface area contributed by atoms with Crippen molar-refractivity contribution in [2.75, 3.05) is 26.3 Å². The first-order chi connectivity index (χ1) is 8.10. The number of hydrogen-bond donors (Lipinski definition) is 2. The Hall–Kier alpha value is -1.61. The van der Waals surface area contributed by atoms with Crippen LogP contribution in [0.25, 0.3) is 0 Å². The van der Waals surface area contributed by atoms with Crippen molar-refractivity contribution >= 4 is 11.8 Å². The summed E-state index contributed by atoms with van der Waals surface area (Å²) >= 11 is 0. The van der Waals surface area contributed by atoms with Gasteiger partial charge >= 0.3 is 0 Å². The molecule has 0 unspecified atom stereocenters. The van der Waals surface area contributed by atoms with Crippen molar-refractivity contribution in [3.8, 4) is 6.07 Å². The van der Waals surface area contributed by atoms with E-state index in [-0.39, 0.29) is 11.8 Å². The van der Waals surface area contributed by atoms with Gasteiger partial charge in [0.25, 0.3) is 0 Å². The molecular weight excluding hydrogens is 222 g/mol. The molecule has 0 radical (unpaired) electrons. The highest BCUT2D eigenvalue weighted by atomic mass is 16.5. The van der Waals surface area contributed by atoms with Crippen LogP contribution in [0.1, 0.15) is 19.8 Å². The summed E-state index contributed by atoms with van der Waals surface area (Å²) in [5.41, 5.74) is -0.964. The van der Waals surface area contributed by atoms with Gasteiger partial charge in [-0.05, 0) is 12.8 Å². The van der Waals surface area contributed by atoms with Crippen LogP contribution in [0.4, 0.5) is 0 Å². The average Bonchev–Trinajstić information content (AvgIpc) is 2.35. The maximum absolute atomic E-state index is 11.9. The summed E-state index contributed by atoms with van der Waals surface area (Å²) in [7, 11) is 0. The third-order valence-corrected chi connectivity index (χ3v) is 2.78. The Labute approximate surface area is 100 Å². The normalized spacial score (nSPS) is 17.9. The number of nitrogens with zero attached hydrogens (tertiary/aromatic N) is 1. The molecule has 1 aliphatic rings. The lowest BCUT2D eigenvalue weighted by molar-refractivity contribution is -0.132. The van der Waals surface area contributed by atoms with Crippen LogP contribution in [-0.4, -0.2) is 38.1 Å². The van der Waals surface area contributed by atoms with Crippen LogP contribution >= 0.6 is 0 Å². The van der Waals surface area contributed by atoms with Gasteiger partial charge in [-0.3, -0.25) is 9.59 Å². The number of amides is 2. The monoisotopic (exact) mass is 239 g/mol. The molecule has 1 fully saturated rings. The fourth-order valence-corrected chi connectivity index (χ4v) is 1.69. The third-order valence-electron chi connectivity index (χ3n) is 2.78. The maximum Gasteiger partial charge on any atom is 0.240 e. The molecule has 0 bridgehead atoms. The van der Waals surface area contributed by atoms with Gasteiger partial charge in [0.2, 0.25) is 11.8 Å². The van der Waals surface area contributed by atoms with Gasteiger partial charge in [-0.15, -0.1) is 0 Å². The van der Waals surface area contributed by atoms with E-state index >= 15 is 0 Å². The van der Waals surface area contributed by atoms with Crippen molar-refractivity contribution in [2.45, 2.75) is 19.8 Å². The molecule has 2 N–H and O–H groups in total. The summed E-state index contributed by atoms with van der Waals surface area (Å²) in [5, 5.41) is 14.4. The molecule has 6 nitrogen and oxygen atoms in total. The van der Waals surface area contributed by atoms with Crippen molar-refractivity contribution in [1.82, 2.24) is 10.6 Å². The third kappa shape index (κ3) is 3.71. The van der Waals surface area contributed by atoms with E-state index in [2.05, 4.69) is 16.7 Å². The van der Waals surface area contributed by atoms with E-state index < -0.39 is 5.41 Å². The summed E-state index contributed by atoms with van der Waals surface area (Å²) in [5.74, 6) is -0.408. The highest BCUT2D eigenvalue weighted by Gasteiger charge is 2.40. The van der Waals surface area contributed by atoms with E-state index in [1.807, 2.05) is 0 Å². The van der Waals surface area contributed by atoms with E-state index in [0.717, 1.165) is 0 Å². The smallest absolute Gasteiger partial charge is 0.240 e. The van der Waals surface area contributed by atoms with Crippen molar-refractivity contribution in [2.24, 2.45) is 5.41 Å². The van der Waals surface area contributed by atoms with E-state index in [1.165, 1.54) is 6.92 Å². The molecular formula is C11H17N3O3. The first-order valence-corrected chi connectivity index (χ1v) is 5.62. The standard InChI is InChI=1S/C11H17N3O3/c1-9(15)13-4-5-14-10(16)11(8-12)2-6-17-7-3-11/h2-7H2,1H3,(H,13,15)(H,14,16). The Morgan fingerprint density at radius 3 is 2.41 bits per heavy atom. The lowest BCUT2D eigenvalue weighted by Crippen LogP contribution is -2.45. The molecule has 0 aliphatic carbocycles. The van der Waals surface area contributed by atoms with Gasteiger partial charge in [0.05, 0.1) is 6.07 Å². The maximum atomic E-state index is 11.9. The molecule has 1 saturated heterocycles. The number of rotatable bonds is 4. The number of hydrogen-bond acceptors (Lipinski definition) is 4. The molecule has 0 aromatic carbocycles. The minimum atomic E-state index is -0.964. The van der Waals surface area contributed by atoms with E-state index in [0.29, 0.717) is 39.1 Å². The van der Waals surface area contributed by atoms with E-state index in [1.54, 1.807) is 0 Å². The van der Waals surface area contributed by atoms with Gasteiger partial charge in [0.15, 0.2) is 0 Å². The van der Waals surface area contributed by atoms with Crippen molar-refractivity contribution in [3.63, 3.8) is 0 Å². The largest absolute Gasteiger partial charge is 0.381 e. The summed E-state index contributed by atoms with van der Waals surface area (Å²) in [6, 6.07) is 2.09. The Kier molecular flexibility index (Phi) is 4.91. The van der Waals surface area contributed by atoms with E-state index in [9.17, 15) is 9.59 Å².